The van der Waals surface area contributed by atoms with Crippen LogP contribution in [0.3, 0.4) is 0 Å². The molecule has 2 heterocycles. The molecular formula is C26H21F2N3O2S. The monoisotopic (exact) mass is 477 g/mol. The number of hydrogen-bond acceptors (Lipinski definition) is 4. The molecule has 0 spiro atoms. The molecule has 0 aliphatic rings. The molecule has 172 valence electrons. The van der Waals surface area contributed by atoms with Crippen LogP contribution in [0.15, 0.2) is 73.1 Å². The van der Waals surface area contributed by atoms with Crippen molar-refractivity contribution in [1.29, 1.82) is 0 Å². The highest BCUT2D eigenvalue weighted by Gasteiger charge is 2.28. The Kier molecular flexibility index (Phi) is 5.63. The Morgan fingerprint density at radius 1 is 1.09 bits per heavy atom. The number of benzene rings is 3. The lowest BCUT2D eigenvalue weighted by atomic mass is 9.92. The molecular weight excluding hydrogens is 456 g/mol. The molecule has 0 aliphatic carbocycles. The third kappa shape index (κ3) is 3.95. The number of halogens is 2. The van der Waals surface area contributed by atoms with E-state index >= 15 is 0 Å². The minimum Gasteiger partial charge on any atom is -0.451 e. The van der Waals surface area contributed by atoms with E-state index in [0.717, 1.165) is 5.56 Å². The number of aromatic nitrogens is 3. The minimum atomic E-state index is -1.31. The van der Waals surface area contributed by atoms with Gasteiger partial charge < -0.3 is 19.8 Å². The standard InChI is InChI=1S/C26H21F2N3O2S/c1-26(32,17-6-2-4-15(10-17)14-34)22-13-30-25(31-22)16-5-3-7-18(11-16)33-24-20(27)12-21-19(23(24)28)8-9-29-21/h2-13,29,32,34H,14H2,1H3,(H,30,31). The number of rotatable bonds is 6. The van der Waals surface area contributed by atoms with Gasteiger partial charge in [0.15, 0.2) is 17.4 Å². The molecule has 0 saturated carbocycles. The molecule has 2 aromatic heterocycles. The van der Waals surface area contributed by atoms with Gasteiger partial charge in [0, 0.05) is 29.0 Å². The molecule has 1 unspecified atom stereocenters. The number of ether oxygens (including phenoxy) is 1. The van der Waals surface area contributed by atoms with Crippen LogP contribution in [0.2, 0.25) is 0 Å². The van der Waals surface area contributed by atoms with E-state index < -0.39 is 23.0 Å². The summed E-state index contributed by atoms with van der Waals surface area (Å²) in [6, 6.07) is 17.0. The minimum absolute atomic E-state index is 0.243. The second-order valence-corrected chi connectivity index (χ2v) is 8.46. The topological polar surface area (TPSA) is 73.9 Å². The Labute approximate surface area is 199 Å². The normalized spacial score (nSPS) is 13.2. The van der Waals surface area contributed by atoms with E-state index in [1.807, 2.05) is 24.3 Å². The van der Waals surface area contributed by atoms with Gasteiger partial charge in [0.05, 0.1) is 17.4 Å². The molecule has 5 nitrogen and oxygen atoms in total. The van der Waals surface area contributed by atoms with Gasteiger partial charge in [0.2, 0.25) is 0 Å². The molecule has 0 bridgehead atoms. The highest BCUT2D eigenvalue weighted by Crippen LogP contribution is 2.35. The van der Waals surface area contributed by atoms with Crippen molar-refractivity contribution in [1.82, 2.24) is 15.0 Å². The van der Waals surface area contributed by atoms with E-state index in [1.54, 1.807) is 37.4 Å². The summed E-state index contributed by atoms with van der Waals surface area (Å²) in [5, 5.41) is 11.5. The molecule has 5 rings (SSSR count). The summed E-state index contributed by atoms with van der Waals surface area (Å²) in [5.74, 6) is -0.775. The average molecular weight is 478 g/mol. The van der Waals surface area contributed by atoms with Gasteiger partial charge in [-0.05, 0) is 36.2 Å². The second kappa shape index (κ2) is 8.62. The van der Waals surface area contributed by atoms with E-state index in [9.17, 15) is 13.9 Å². The molecule has 8 heteroatoms. The summed E-state index contributed by atoms with van der Waals surface area (Å²) in [6.07, 6.45) is 3.10. The second-order valence-electron chi connectivity index (χ2n) is 8.15. The average Bonchev–Trinajstić information content (AvgIpc) is 3.52. The Morgan fingerprint density at radius 3 is 2.74 bits per heavy atom. The van der Waals surface area contributed by atoms with E-state index in [-0.39, 0.29) is 11.1 Å². The summed E-state index contributed by atoms with van der Waals surface area (Å²) in [4.78, 5) is 10.3. The van der Waals surface area contributed by atoms with Crippen molar-refractivity contribution in [3.05, 3.63) is 102 Å². The van der Waals surface area contributed by atoms with Gasteiger partial charge >= 0.3 is 0 Å². The lowest BCUT2D eigenvalue weighted by Crippen LogP contribution is -2.23. The van der Waals surface area contributed by atoms with Gasteiger partial charge in [-0.2, -0.15) is 12.6 Å². The van der Waals surface area contributed by atoms with Crippen molar-refractivity contribution in [2.75, 3.05) is 0 Å². The van der Waals surface area contributed by atoms with Crippen molar-refractivity contribution in [3.8, 4) is 22.9 Å². The Balaban J connectivity index is 1.45. The number of fused-ring (bicyclic) bond motifs is 1. The molecule has 0 amide bonds. The van der Waals surface area contributed by atoms with Crippen LogP contribution in [0.5, 0.6) is 11.5 Å². The predicted molar refractivity (Wildman–Crippen MR) is 130 cm³/mol. The van der Waals surface area contributed by atoms with Gasteiger partial charge in [-0.1, -0.05) is 36.4 Å². The fraction of sp³-hybridized carbons (Fsp3) is 0.115. The number of H-pyrrole nitrogens is 2. The molecule has 0 radical (unpaired) electrons. The van der Waals surface area contributed by atoms with Gasteiger partial charge in [0.25, 0.3) is 0 Å². The van der Waals surface area contributed by atoms with Crippen molar-refractivity contribution < 1.29 is 18.6 Å². The highest BCUT2D eigenvalue weighted by molar-refractivity contribution is 7.79. The first kappa shape index (κ1) is 22.2. The summed E-state index contributed by atoms with van der Waals surface area (Å²) in [5.41, 5.74) is 1.87. The van der Waals surface area contributed by atoms with Gasteiger partial charge in [0.1, 0.15) is 17.2 Å². The Hall–Kier alpha value is -3.62. The molecule has 3 aromatic carbocycles. The third-order valence-electron chi connectivity index (χ3n) is 5.80. The molecule has 0 fully saturated rings. The van der Waals surface area contributed by atoms with Gasteiger partial charge in [-0.3, -0.25) is 0 Å². The zero-order chi connectivity index (χ0) is 23.9. The first-order valence-electron chi connectivity index (χ1n) is 10.6. The van der Waals surface area contributed by atoms with E-state index in [1.165, 1.54) is 18.3 Å². The van der Waals surface area contributed by atoms with Crippen LogP contribution in [0.4, 0.5) is 8.78 Å². The van der Waals surface area contributed by atoms with Crippen LogP contribution < -0.4 is 4.74 Å². The zero-order valence-corrected chi connectivity index (χ0v) is 19.0. The smallest absolute Gasteiger partial charge is 0.199 e. The van der Waals surface area contributed by atoms with E-state index in [4.69, 9.17) is 4.74 Å². The lowest BCUT2D eigenvalue weighted by molar-refractivity contribution is 0.0979. The van der Waals surface area contributed by atoms with Crippen LogP contribution in [-0.2, 0) is 11.4 Å². The molecule has 0 aliphatic heterocycles. The van der Waals surface area contributed by atoms with Crippen molar-refractivity contribution in [3.63, 3.8) is 0 Å². The molecule has 5 aromatic rings. The van der Waals surface area contributed by atoms with Crippen LogP contribution in [0.1, 0.15) is 23.7 Å². The summed E-state index contributed by atoms with van der Waals surface area (Å²) >= 11 is 4.30. The van der Waals surface area contributed by atoms with Crippen LogP contribution in [0.25, 0.3) is 22.3 Å². The van der Waals surface area contributed by atoms with Crippen molar-refractivity contribution in [2.24, 2.45) is 0 Å². The lowest BCUT2D eigenvalue weighted by Gasteiger charge is -2.23. The number of imidazole rings is 1. The number of aliphatic hydroxyl groups is 1. The Morgan fingerprint density at radius 2 is 1.91 bits per heavy atom. The van der Waals surface area contributed by atoms with E-state index in [0.29, 0.717) is 33.9 Å². The fourth-order valence-corrected chi connectivity index (χ4v) is 4.07. The van der Waals surface area contributed by atoms with Gasteiger partial charge in [-0.25, -0.2) is 13.8 Å². The highest BCUT2D eigenvalue weighted by atomic mass is 32.1. The van der Waals surface area contributed by atoms with Crippen LogP contribution in [-0.4, -0.2) is 20.1 Å². The number of nitrogens with zero attached hydrogens (tertiary/aromatic N) is 1. The number of nitrogens with one attached hydrogen (secondary N) is 2. The molecule has 1 atom stereocenters. The zero-order valence-electron chi connectivity index (χ0n) is 18.1. The first-order valence-corrected chi connectivity index (χ1v) is 11.2. The van der Waals surface area contributed by atoms with Gasteiger partial charge in [-0.15, -0.1) is 0 Å². The number of thiol groups is 1. The third-order valence-corrected chi connectivity index (χ3v) is 6.17. The summed E-state index contributed by atoms with van der Waals surface area (Å²) in [6.45, 7) is 1.68. The largest absolute Gasteiger partial charge is 0.451 e. The quantitative estimate of drug-likeness (QED) is 0.216. The van der Waals surface area contributed by atoms with Crippen LogP contribution >= 0.6 is 12.6 Å². The summed E-state index contributed by atoms with van der Waals surface area (Å²) < 4.78 is 34.9. The van der Waals surface area contributed by atoms with Crippen molar-refractivity contribution >= 4 is 23.5 Å². The maximum atomic E-state index is 14.8. The predicted octanol–water partition coefficient (Wildman–Crippen LogP) is 6.31. The maximum absolute atomic E-state index is 14.8. The number of hydrogen-bond donors (Lipinski definition) is 4. The maximum Gasteiger partial charge on any atom is 0.199 e. The molecule has 34 heavy (non-hydrogen) atoms. The Bertz CT molecular complexity index is 1490. The SMILES string of the molecule is CC(O)(c1cccc(CS)c1)c1cnc(-c2cccc(Oc3c(F)cc4[nH]ccc4c3F)c2)[nH]1. The van der Waals surface area contributed by atoms with Crippen LogP contribution in [0, 0.1) is 11.6 Å². The van der Waals surface area contributed by atoms with Crippen molar-refractivity contribution in [2.45, 2.75) is 18.3 Å². The fourth-order valence-electron chi connectivity index (χ4n) is 3.87. The molecule has 3 N–H and O–H groups in total. The molecule has 0 saturated heterocycles. The van der Waals surface area contributed by atoms with E-state index in [2.05, 4.69) is 27.6 Å². The first-order chi connectivity index (χ1) is 16.4. The number of aromatic amines is 2. The summed E-state index contributed by atoms with van der Waals surface area (Å²) in [7, 11) is 0.